The van der Waals surface area contributed by atoms with Crippen LogP contribution in [0, 0.1) is 0 Å². The zero-order valence-electron chi connectivity index (χ0n) is 18.5. The molecule has 8 N–H and O–H groups in total. The summed E-state index contributed by atoms with van der Waals surface area (Å²) in [5, 5.41) is 20.9. The molecule has 2 aromatic rings. The highest BCUT2D eigenvalue weighted by Gasteiger charge is 2.32. The Hall–Kier alpha value is -3.48. The smallest absolute Gasteiger partial charge is 0.320 e. The van der Waals surface area contributed by atoms with Gasteiger partial charge in [0.1, 0.15) is 11.9 Å². The van der Waals surface area contributed by atoms with Crippen molar-refractivity contribution in [3.63, 3.8) is 0 Å². The first-order valence-corrected chi connectivity index (χ1v) is 10.9. The van der Waals surface area contributed by atoms with Crippen LogP contribution in [0.1, 0.15) is 41.9 Å². The summed E-state index contributed by atoms with van der Waals surface area (Å²) in [5.74, 6) is -2.58. The van der Waals surface area contributed by atoms with Crippen LogP contribution in [0.4, 0.5) is 11.8 Å². The molecule has 3 rings (SSSR count). The molecule has 0 aliphatic carbocycles. The minimum atomic E-state index is -1.09. The number of aliphatic carboxylic acids is 2. The van der Waals surface area contributed by atoms with E-state index in [1.54, 1.807) is 0 Å². The Kier molecular flexibility index (Phi) is 8.57. The predicted octanol–water partition coefficient (Wildman–Crippen LogP) is 0.431. The molecule has 1 unspecified atom stereocenters. The highest BCUT2D eigenvalue weighted by molar-refractivity contribution is 5.75. The van der Waals surface area contributed by atoms with Gasteiger partial charge in [-0.3, -0.25) is 19.4 Å². The highest BCUT2D eigenvalue weighted by atomic mass is 16.7. The van der Waals surface area contributed by atoms with Gasteiger partial charge in [-0.2, -0.15) is 4.98 Å². The maximum Gasteiger partial charge on any atom is 0.320 e. The van der Waals surface area contributed by atoms with E-state index in [4.69, 9.17) is 26.0 Å². The Morgan fingerprint density at radius 3 is 2.35 bits per heavy atom. The largest absolute Gasteiger partial charge is 0.481 e. The molecular formula is C22H29N5O7. The van der Waals surface area contributed by atoms with Gasteiger partial charge < -0.3 is 36.5 Å². The van der Waals surface area contributed by atoms with Crippen LogP contribution in [0.5, 0.6) is 0 Å². The Labute approximate surface area is 195 Å². The van der Waals surface area contributed by atoms with Crippen LogP contribution in [-0.2, 0) is 32.0 Å². The molecule has 34 heavy (non-hydrogen) atoms. The second kappa shape index (κ2) is 11.6. The number of nitrogens with zero attached hydrogens (tertiary/aromatic N) is 1. The van der Waals surface area contributed by atoms with E-state index in [2.05, 4.69) is 15.3 Å². The molecule has 1 aromatic carbocycles. The van der Waals surface area contributed by atoms with Crippen molar-refractivity contribution in [2.75, 3.05) is 24.7 Å². The van der Waals surface area contributed by atoms with Gasteiger partial charge in [-0.05, 0) is 30.4 Å². The van der Waals surface area contributed by atoms with E-state index >= 15 is 0 Å². The van der Waals surface area contributed by atoms with Crippen molar-refractivity contribution in [3.8, 4) is 0 Å². The average Bonchev–Trinajstić information content (AvgIpc) is 3.30. The number of nitrogens with one attached hydrogen (secondary N) is 2. The molecule has 1 aliphatic rings. The van der Waals surface area contributed by atoms with E-state index < -0.39 is 35.7 Å². The van der Waals surface area contributed by atoms with Crippen LogP contribution in [0.3, 0.4) is 0 Å². The quantitative estimate of drug-likeness (QED) is 0.248. The first kappa shape index (κ1) is 25.1. The van der Waals surface area contributed by atoms with Crippen LogP contribution in [-0.4, -0.2) is 57.7 Å². The fourth-order valence-corrected chi connectivity index (χ4v) is 3.87. The molecule has 0 amide bonds. The number of H-pyrrole nitrogens is 1. The van der Waals surface area contributed by atoms with Gasteiger partial charge in [0.05, 0.1) is 18.8 Å². The number of hydrogen-bond acceptors (Lipinski definition) is 9. The number of anilines is 2. The first-order valence-electron chi connectivity index (χ1n) is 10.9. The molecule has 12 nitrogen and oxygen atoms in total. The van der Waals surface area contributed by atoms with Crippen LogP contribution < -0.4 is 22.3 Å². The van der Waals surface area contributed by atoms with Gasteiger partial charge in [0.15, 0.2) is 6.29 Å². The molecule has 184 valence electrons. The SMILES string of the molecule is Nc1nc(N)c(C(CCc2ccc(CN[C@H](CCC(=O)O)C(=O)O)cc2)C2OCCO2)c(=O)[nH]1. The van der Waals surface area contributed by atoms with Gasteiger partial charge >= 0.3 is 11.9 Å². The van der Waals surface area contributed by atoms with Gasteiger partial charge in [-0.1, -0.05) is 24.3 Å². The fourth-order valence-electron chi connectivity index (χ4n) is 3.87. The molecule has 0 saturated carbocycles. The molecule has 1 aliphatic heterocycles. The number of benzene rings is 1. The monoisotopic (exact) mass is 475 g/mol. The summed E-state index contributed by atoms with van der Waals surface area (Å²) < 4.78 is 11.3. The van der Waals surface area contributed by atoms with Gasteiger partial charge in [-0.25, -0.2) is 0 Å². The lowest BCUT2D eigenvalue weighted by Gasteiger charge is -2.23. The third-order valence-corrected chi connectivity index (χ3v) is 5.61. The zero-order chi connectivity index (χ0) is 24.7. The molecule has 1 saturated heterocycles. The number of carboxylic acids is 2. The third kappa shape index (κ3) is 6.76. The number of carbonyl (C=O) groups is 2. The lowest BCUT2D eigenvalue weighted by Crippen LogP contribution is -2.36. The topological polar surface area (TPSA) is 203 Å². The lowest BCUT2D eigenvalue weighted by molar-refractivity contribution is -0.140. The number of rotatable bonds is 12. The highest BCUT2D eigenvalue weighted by Crippen LogP contribution is 2.31. The van der Waals surface area contributed by atoms with E-state index in [0.29, 0.717) is 26.1 Å². The van der Waals surface area contributed by atoms with Gasteiger partial charge in [0, 0.05) is 18.9 Å². The van der Waals surface area contributed by atoms with Crippen molar-refractivity contribution < 1.29 is 29.3 Å². The molecule has 0 spiro atoms. The normalized spacial score (nSPS) is 15.8. The van der Waals surface area contributed by atoms with Crippen molar-refractivity contribution in [2.45, 2.75) is 50.5 Å². The zero-order valence-corrected chi connectivity index (χ0v) is 18.5. The van der Waals surface area contributed by atoms with Crippen molar-refractivity contribution in [3.05, 3.63) is 51.3 Å². The number of nitrogen functional groups attached to an aromatic ring is 2. The summed E-state index contributed by atoms with van der Waals surface area (Å²) in [6.45, 7) is 1.13. The molecule has 1 fully saturated rings. The maximum absolute atomic E-state index is 12.5. The number of nitrogens with two attached hydrogens (primary N) is 2. The summed E-state index contributed by atoms with van der Waals surface area (Å²) in [7, 11) is 0. The molecule has 0 radical (unpaired) electrons. The van der Waals surface area contributed by atoms with Crippen LogP contribution in [0.25, 0.3) is 0 Å². The summed E-state index contributed by atoms with van der Waals surface area (Å²) in [4.78, 5) is 41.0. The minimum absolute atomic E-state index is 0.00228. The van der Waals surface area contributed by atoms with Gasteiger partial charge in [0.25, 0.3) is 5.56 Å². The summed E-state index contributed by atoms with van der Waals surface area (Å²) >= 11 is 0. The second-order valence-electron chi connectivity index (χ2n) is 8.03. The van der Waals surface area contributed by atoms with E-state index in [1.165, 1.54) is 0 Å². The number of carboxylic acid groups (broad SMARTS) is 2. The molecular weight excluding hydrogens is 446 g/mol. The molecule has 12 heteroatoms. The Balaban J connectivity index is 1.64. The van der Waals surface area contributed by atoms with E-state index in [0.717, 1.165) is 11.1 Å². The van der Waals surface area contributed by atoms with E-state index in [-0.39, 0.29) is 36.7 Å². The Morgan fingerprint density at radius 2 is 1.76 bits per heavy atom. The van der Waals surface area contributed by atoms with Crippen LogP contribution in [0.2, 0.25) is 0 Å². The number of aromatic nitrogens is 2. The molecule has 2 atom stereocenters. The molecule has 0 bridgehead atoms. The number of aryl methyl sites for hydroxylation is 1. The standard InChI is InChI=1S/C22H29N5O7/c23-18-17(19(30)27-22(24)26-18)14(21-33-9-10-34-21)6-5-12-1-3-13(4-2-12)11-25-15(20(31)32)7-8-16(28)29/h1-4,14-15,21,25H,5-11H2,(H,28,29)(H,31,32)(H5,23,24,26,27,30)/t14?,15-/m1/s1. The number of ether oxygens (including phenoxy) is 2. The van der Waals surface area contributed by atoms with Crippen molar-refractivity contribution in [1.82, 2.24) is 15.3 Å². The van der Waals surface area contributed by atoms with E-state index in [1.807, 2.05) is 24.3 Å². The molecule has 1 aromatic heterocycles. The maximum atomic E-state index is 12.5. The number of hydrogen-bond donors (Lipinski definition) is 6. The predicted molar refractivity (Wildman–Crippen MR) is 122 cm³/mol. The summed E-state index contributed by atoms with van der Waals surface area (Å²) in [6.07, 6.45) is 0.266. The lowest BCUT2D eigenvalue weighted by atomic mass is 9.92. The summed E-state index contributed by atoms with van der Waals surface area (Å²) in [6, 6.07) is 6.60. The van der Waals surface area contributed by atoms with E-state index in [9.17, 15) is 19.5 Å². The fraction of sp³-hybridized carbons (Fsp3) is 0.455. The minimum Gasteiger partial charge on any atom is -0.481 e. The van der Waals surface area contributed by atoms with Crippen molar-refractivity contribution in [1.29, 1.82) is 0 Å². The van der Waals surface area contributed by atoms with Crippen LogP contribution in [0.15, 0.2) is 29.1 Å². The van der Waals surface area contributed by atoms with Gasteiger partial charge in [-0.15, -0.1) is 0 Å². The van der Waals surface area contributed by atoms with Gasteiger partial charge in [0.2, 0.25) is 5.95 Å². The van der Waals surface area contributed by atoms with Crippen LogP contribution >= 0.6 is 0 Å². The first-order chi connectivity index (χ1) is 16.2. The summed E-state index contributed by atoms with van der Waals surface area (Å²) in [5.41, 5.74) is 13.3. The Bertz CT molecular complexity index is 1050. The third-order valence-electron chi connectivity index (χ3n) is 5.61. The number of aromatic amines is 1. The average molecular weight is 476 g/mol. The Morgan fingerprint density at radius 1 is 1.12 bits per heavy atom. The second-order valence-corrected chi connectivity index (χ2v) is 8.03. The van der Waals surface area contributed by atoms with Crippen molar-refractivity contribution in [2.24, 2.45) is 0 Å². The van der Waals surface area contributed by atoms with Crippen molar-refractivity contribution >= 4 is 23.7 Å². The molecule has 2 heterocycles.